The molecule has 0 saturated carbocycles. The second-order valence-electron chi connectivity index (χ2n) is 7.15. The molecule has 1 heterocycles. The average molecular weight is 304 g/mol. The number of hydrogen-bond acceptors (Lipinski definition) is 3. The van der Waals surface area contributed by atoms with E-state index >= 15 is 0 Å². The molecule has 0 aromatic heterocycles. The first kappa shape index (κ1) is 16.8. The highest BCUT2D eigenvalue weighted by Gasteiger charge is 2.26. The van der Waals surface area contributed by atoms with Crippen molar-refractivity contribution < 1.29 is 9.53 Å². The smallest absolute Gasteiger partial charge is 0.225 e. The van der Waals surface area contributed by atoms with Gasteiger partial charge in [0.1, 0.15) is 5.75 Å². The van der Waals surface area contributed by atoms with Crippen molar-refractivity contribution in [2.75, 3.05) is 20.2 Å². The van der Waals surface area contributed by atoms with E-state index in [1.807, 2.05) is 32.9 Å². The maximum absolute atomic E-state index is 12.1. The van der Waals surface area contributed by atoms with Crippen molar-refractivity contribution in [1.29, 1.82) is 0 Å². The van der Waals surface area contributed by atoms with E-state index in [0.717, 1.165) is 38.2 Å². The Bertz CT molecular complexity index is 508. The van der Waals surface area contributed by atoms with Crippen LogP contribution in [0.15, 0.2) is 24.3 Å². The van der Waals surface area contributed by atoms with Crippen LogP contribution in [-0.2, 0) is 11.3 Å². The minimum absolute atomic E-state index is 0.140. The third-order valence-electron chi connectivity index (χ3n) is 4.06. The molecule has 1 aliphatic rings. The van der Waals surface area contributed by atoms with Crippen LogP contribution >= 0.6 is 0 Å². The summed E-state index contributed by atoms with van der Waals surface area (Å²) in [5.41, 5.74) is 0.928. The lowest BCUT2D eigenvalue weighted by atomic mass is 9.94. The van der Waals surface area contributed by atoms with Crippen LogP contribution in [0.4, 0.5) is 0 Å². The number of amides is 1. The van der Waals surface area contributed by atoms with Crippen LogP contribution in [0.5, 0.6) is 5.75 Å². The molecule has 122 valence electrons. The number of ether oxygens (including phenoxy) is 1. The summed E-state index contributed by atoms with van der Waals surface area (Å²) in [5, 5.41) is 3.19. The van der Waals surface area contributed by atoms with Crippen molar-refractivity contribution in [3.63, 3.8) is 0 Å². The number of rotatable bonds is 4. The summed E-state index contributed by atoms with van der Waals surface area (Å²) in [7, 11) is 1.69. The third-order valence-corrected chi connectivity index (χ3v) is 4.06. The number of hydrogen-bond donors (Lipinski definition) is 1. The topological polar surface area (TPSA) is 41.6 Å². The maximum atomic E-state index is 12.1. The molecule has 1 atom stereocenters. The Morgan fingerprint density at radius 2 is 2.18 bits per heavy atom. The lowest BCUT2D eigenvalue weighted by Gasteiger charge is -2.34. The maximum Gasteiger partial charge on any atom is 0.225 e. The first-order chi connectivity index (χ1) is 10.4. The van der Waals surface area contributed by atoms with Crippen molar-refractivity contribution >= 4 is 5.91 Å². The second kappa shape index (κ2) is 7.14. The summed E-state index contributed by atoms with van der Waals surface area (Å²) in [6.07, 6.45) is 2.19. The van der Waals surface area contributed by atoms with Crippen molar-refractivity contribution in [3.05, 3.63) is 29.8 Å². The molecule has 1 amide bonds. The fourth-order valence-corrected chi connectivity index (χ4v) is 2.75. The first-order valence-electron chi connectivity index (χ1n) is 8.05. The number of nitrogens with zero attached hydrogens (tertiary/aromatic N) is 1. The van der Waals surface area contributed by atoms with Gasteiger partial charge in [-0.1, -0.05) is 32.9 Å². The van der Waals surface area contributed by atoms with Crippen LogP contribution in [0.1, 0.15) is 39.2 Å². The Kier molecular flexibility index (Phi) is 5.46. The summed E-state index contributed by atoms with van der Waals surface area (Å²) in [5.74, 6) is 1.04. The zero-order valence-corrected chi connectivity index (χ0v) is 14.2. The number of likely N-dealkylation sites (tertiary alicyclic amines) is 1. The standard InChI is InChI=1S/C18H28N2O2/c1-18(2,3)17(21)19-15-8-6-10-20(13-15)12-14-7-5-9-16(11-14)22-4/h5,7,9,11,15H,6,8,10,12-13H2,1-4H3,(H,19,21). The number of methoxy groups -OCH3 is 1. The number of nitrogens with one attached hydrogen (secondary N) is 1. The molecule has 22 heavy (non-hydrogen) atoms. The van der Waals surface area contributed by atoms with Gasteiger partial charge in [0.2, 0.25) is 5.91 Å². The SMILES string of the molecule is COc1cccc(CN2CCCC(NC(=O)C(C)(C)C)C2)c1. The van der Waals surface area contributed by atoms with Gasteiger partial charge in [-0.05, 0) is 37.1 Å². The lowest BCUT2D eigenvalue weighted by Crippen LogP contribution is -2.50. The van der Waals surface area contributed by atoms with Gasteiger partial charge in [0.25, 0.3) is 0 Å². The molecule has 1 aliphatic heterocycles. The first-order valence-corrected chi connectivity index (χ1v) is 8.05. The van der Waals surface area contributed by atoms with Gasteiger partial charge < -0.3 is 10.1 Å². The Morgan fingerprint density at radius 1 is 1.41 bits per heavy atom. The summed E-state index contributed by atoms with van der Waals surface area (Å²) in [6, 6.07) is 8.45. The van der Waals surface area contributed by atoms with Gasteiger partial charge in [0.15, 0.2) is 0 Å². The third kappa shape index (κ3) is 4.73. The van der Waals surface area contributed by atoms with Crippen molar-refractivity contribution in [3.8, 4) is 5.75 Å². The highest BCUT2D eigenvalue weighted by Crippen LogP contribution is 2.19. The summed E-state index contributed by atoms with van der Waals surface area (Å²) in [4.78, 5) is 14.5. The van der Waals surface area contributed by atoms with Gasteiger partial charge in [-0.3, -0.25) is 9.69 Å². The monoisotopic (exact) mass is 304 g/mol. The van der Waals surface area contributed by atoms with Gasteiger partial charge in [-0.15, -0.1) is 0 Å². The van der Waals surface area contributed by atoms with Crippen molar-refractivity contribution in [2.45, 2.75) is 46.2 Å². The molecule has 2 rings (SSSR count). The fourth-order valence-electron chi connectivity index (χ4n) is 2.75. The van der Waals surface area contributed by atoms with Gasteiger partial charge in [-0.25, -0.2) is 0 Å². The minimum atomic E-state index is -0.324. The molecule has 0 spiro atoms. The van der Waals surface area contributed by atoms with Crippen molar-refractivity contribution in [1.82, 2.24) is 10.2 Å². The Labute approximate surface area is 133 Å². The molecule has 1 unspecified atom stereocenters. The van der Waals surface area contributed by atoms with Crippen LogP contribution in [0, 0.1) is 5.41 Å². The molecule has 1 aromatic rings. The normalized spacial score (nSPS) is 19.7. The number of benzene rings is 1. The van der Waals surface area contributed by atoms with E-state index in [0.29, 0.717) is 0 Å². The molecule has 1 fully saturated rings. The fraction of sp³-hybridized carbons (Fsp3) is 0.611. The van der Waals surface area contributed by atoms with Gasteiger partial charge >= 0.3 is 0 Å². The quantitative estimate of drug-likeness (QED) is 0.930. The second-order valence-corrected chi connectivity index (χ2v) is 7.15. The predicted molar refractivity (Wildman–Crippen MR) is 88.9 cm³/mol. The Hall–Kier alpha value is -1.55. The molecule has 1 saturated heterocycles. The summed E-state index contributed by atoms with van der Waals surface area (Å²) in [6.45, 7) is 8.77. The van der Waals surface area contributed by atoms with Crippen LogP contribution in [0.3, 0.4) is 0 Å². The molecule has 0 aliphatic carbocycles. The van der Waals surface area contributed by atoms with Gasteiger partial charge in [-0.2, -0.15) is 0 Å². The van der Waals surface area contributed by atoms with E-state index in [2.05, 4.69) is 22.3 Å². The van der Waals surface area contributed by atoms with E-state index in [1.54, 1.807) is 7.11 Å². The van der Waals surface area contributed by atoms with Crippen LogP contribution < -0.4 is 10.1 Å². The highest BCUT2D eigenvalue weighted by atomic mass is 16.5. The van der Waals surface area contributed by atoms with E-state index in [4.69, 9.17) is 4.74 Å². The molecule has 1 aromatic carbocycles. The predicted octanol–water partition coefficient (Wildman–Crippen LogP) is 2.82. The summed E-state index contributed by atoms with van der Waals surface area (Å²) < 4.78 is 5.28. The Balaban J connectivity index is 1.91. The van der Waals surface area contributed by atoms with Crippen molar-refractivity contribution in [2.24, 2.45) is 5.41 Å². The summed E-state index contributed by atoms with van der Waals surface area (Å²) >= 11 is 0. The van der Waals surface area contributed by atoms with Crippen LogP contribution in [0.25, 0.3) is 0 Å². The van der Waals surface area contributed by atoms with Gasteiger partial charge in [0, 0.05) is 24.5 Å². The molecule has 4 nitrogen and oxygen atoms in total. The number of piperidine rings is 1. The van der Waals surface area contributed by atoms with E-state index in [-0.39, 0.29) is 17.4 Å². The Morgan fingerprint density at radius 3 is 2.86 bits per heavy atom. The molecule has 0 radical (unpaired) electrons. The zero-order chi connectivity index (χ0) is 16.2. The lowest BCUT2D eigenvalue weighted by molar-refractivity contribution is -0.129. The van der Waals surface area contributed by atoms with Gasteiger partial charge in [0.05, 0.1) is 7.11 Å². The minimum Gasteiger partial charge on any atom is -0.497 e. The van der Waals surface area contributed by atoms with Crippen LogP contribution in [0.2, 0.25) is 0 Å². The largest absolute Gasteiger partial charge is 0.497 e. The molecule has 0 bridgehead atoms. The van der Waals surface area contributed by atoms with E-state index in [9.17, 15) is 4.79 Å². The van der Waals surface area contributed by atoms with Crippen LogP contribution in [-0.4, -0.2) is 37.0 Å². The highest BCUT2D eigenvalue weighted by molar-refractivity contribution is 5.81. The molecular weight excluding hydrogens is 276 g/mol. The molecular formula is C18H28N2O2. The number of carbonyl (C=O) groups is 1. The molecule has 1 N–H and O–H groups in total. The molecule has 4 heteroatoms. The van der Waals surface area contributed by atoms with E-state index in [1.165, 1.54) is 5.56 Å². The average Bonchev–Trinajstić information content (AvgIpc) is 2.47. The van der Waals surface area contributed by atoms with E-state index < -0.39 is 0 Å². The zero-order valence-electron chi connectivity index (χ0n) is 14.2. The number of carbonyl (C=O) groups excluding carboxylic acids is 1.